The van der Waals surface area contributed by atoms with E-state index >= 15 is 0 Å². The van der Waals surface area contributed by atoms with Gasteiger partial charge in [-0.1, -0.05) is 24.3 Å². The van der Waals surface area contributed by atoms with Gasteiger partial charge in [0.05, 0.1) is 16.6 Å². The molecular weight excluding hydrogens is 403 g/mol. The predicted octanol–water partition coefficient (Wildman–Crippen LogP) is 4.97. The lowest BCUT2D eigenvalue weighted by atomic mass is 10.1. The third-order valence-electron chi connectivity index (χ3n) is 5.57. The number of alkyl halides is 3. The third-order valence-corrected chi connectivity index (χ3v) is 5.57. The number of benzene rings is 2. The number of fused-ring (bicyclic) bond motifs is 1. The van der Waals surface area contributed by atoms with Crippen LogP contribution in [-0.4, -0.2) is 41.1 Å². The second kappa shape index (κ2) is 7.61. The molecule has 0 atom stereocenters. The van der Waals surface area contributed by atoms with Crippen molar-refractivity contribution >= 4 is 22.5 Å². The first-order chi connectivity index (χ1) is 15.0. The number of para-hydroxylation sites is 3. The summed E-state index contributed by atoms with van der Waals surface area (Å²) >= 11 is 0. The number of rotatable bonds is 3. The van der Waals surface area contributed by atoms with Crippen LogP contribution in [0.2, 0.25) is 0 Å². The van der Waals surface area contributed by atoms with Gasteiger partial charge < -0.3 is 14.8 Å². The summed E-state index contributed by atoms with van der Waals surface area (Å²) in [6.07, 6.45) is -3.47. The van der Waals surface area contributed by atoms with E-state index in [1.54, 1.807) is 0 Å². The molecule has 3 heterocycles. The maximum atomic E-state index is 12.8. The van der Waals surface area contributed by atoms with Crippen LogP contribution < -0.4 is 9.80 Å². The molecule has 2 aromatic carbocycles. The number of hydrogen-bond donors (Lipinski definition) is 1. The van der Waals surface area contributed by atoms with Crippen molar-refractivity contribution in [1.29, 1.82) is 0 Å². The van der Waals surface area contributed by atoms with Crippen molar-refractivity contribution in [3.63, 3.8) is 0 Å². The van der Waals surface area contributed by atoms with Gasteiger partial charge in [-0.2, -0.15) is 13.2 Å². The number of piperazine rings is 1. The summed E-state index contributed by atoms with van der Waals surface area (Å²) in [6, 6.07) is 18.6. The summed E-state index contributed by atoms with van der Waals surface area (Å²) < 4.78 is 38.3. The van der Waals surface area contributed by atoms with Crippen molar-refractivity contribution in [2.45, 2.75) is 6.18 Å². The molecule has 5 nitrogen and oxygen atoms in total. The molecule has 8 heteroatoms. The summed E-state index contributed by atoms with van der Waals surface area (Å²) in [5.74, 6) is 1.39. The fraction of sp³-hybridized carbons (Fsp3) is 0.217. The molecule has 1 N–H and O–H groups in total. The normalized spacial score (nSPS) is 14.9. The van der Waals surface area contributed by atoms with Gasteiger partial charge in [-0.15, -0.1) is 0 Å². The van der Waals surface area contributed by atoms with Crippen LogP contribution in [0.15, 0.2) is 66.9 Å². The van der Waals surface area contributed by atoms with E-state index in [1.807, 2.05) is 41.3 Å². The molecule has 1 fully saturated rings. The van der Waals surface area contributed by atoms with Crippen molar-refractivity contribution in [2.75, 3.05) is 36.0 Å². The second-order valence-electron chi connectivity index (χ2n) is 7.50. The minimum Gasteiger partial charge on any atom is -0.367 e. The molecule has 0 saturated carbocycles. The number of hydrogen-bond acceptors (Lipinski definition) is 4. The van der Waals surface area contributed by atoms with Crippen LogP contribution in [0.3, 0.4) is 0 Å². The Hall–Kier alpha value is -3.55. The first kappa shape index (κ1) is 19.4. The average molecular weight is 423 g/mol. The molecule has 0 amide bonds. The summed E-state index contributed by atoms with van der Waals surface area (Å²) in [6.45, 7) is 2.82. The van der Waals surface area contributed by atoms with E-state index in [-0.39, 0.29) is 0 Å². The highest BCUT2D eigenvalue weighted by molar-refractivity contribution is 5.83. The first-order valence-corrected chi connectivity index (χ1v) is 10.1. The lowest BCUT2D eigenvalue weighted by Crippen LogP contribution is -2.47. The van der Waals surface area contributed by atoms with Gasteiger partial charge in [0.1, 0.15) is 11.6 Å². The Kier molecular flexibility index (Phi) is 4.77. The highest BCUT2D eigenvalue weighted by Crippen LogP contribution is 2.32. The fourth-order valence-corrected chi connectivity index (χ4v) is 3.95. The zero-order valence-electron chi connectivity index (χ0n) is 16.6. The van der Waals surface area contributed by atoms with Crippen LogP contribution in [0.1, 0.15) is 5.56 Å². The summed E-state index contributed by atoms with van der Waals surface area (Å²) in [7, 11) is 0. The van der Waals surface area contributed by atoms with E-state index in [0.29, 0.717) is 18.9 Å². The number of nitrogens with one attached hydrogen (secondary N) is 1. The lowest BCUT2D eigenvalue weighted by molar-refractivity contribution is -0.137. The van der Waals surface area contributed by atoms with Gasteiger partial charge in [-0.25, -0.2) is 9.97 Å². The van der Waals surface area contributed by atoms with Crippen molar-refractivity contribution < 1.29 is 13.2 Å². The van der Waals surface area contributed by atoms with E-state index in [2.05, 4.69) is 27.0 Å². The Bertz CT molecular complexity index is 1160. The van der Waals surface area contributed by atoms with Crippen molar-refractivity contribution in [3.05, 3.63) is 72.4 Å². The van der Waals surface area contributed by atoms with Gasteiger partial charge in [0, 0.05) is 43.6 Å². The fourth-order valence-electron chi connectivity index (χ4n) is 3.95. The number of imidazole rings is 1. The molecule has 0 radical (unpaired) electrons. The minimum absolute atomic E-state index is 0.568. The number of aromatic amines is 1. The molecule has 1 saturated heterocycles. The minimum atomic E-state index is -4.37. The smallest absolute Gasteiger partial charge is 0.367 e. The van der Waals surface area contributed by atoms with Gasteiger partial charge in [-0.3, -0.25) is 0 Å². The standard InChI is InChI=1S/C23H20F3N5/c24-23(25,26)16-9-10-21(27-15-16)31-13-11-30(12-14-31)20-8-4-1-5-17(20)22-28-18-6-2-3-7-19(18)29-22/h1-10,15H,11-14H2,(H,28,29). The molecule has 5 rings (SSSR count). The molecule has 31 heavy (non-hydrogen) atoms. The Labute approximate surface area is 177 Å². The molecule has 0 spiro atoms. The monoisotopic (exact) mass is 423 g/mol. The molecule has 2 aromatic heterocycles. The van der Waals surface area contributed by atoms with Crippen LogP contribution in [0, 0.1) is 0 Å². The lowest BCUT2D eigenvalue weighted by Gasteiger charge is -2.37. The Morgan fingerprint density at radius 3 is 2.23 bits per heavy atom. The molecule has 1 aliphatic heterocycles. The van der Waals surface area contributed by atoms with E-state index in [0.717, 1.165) is 53.5 Å². The average Bonchev–Trinajstić information content (AvgIpc) is 3.23. The van der Waals surface area contributed by atoms with Crippen LogP contribution in [0.5, 0.6) is 0 Å². The van der Waals surface area contributed by atoms with E-state index in [4.69, 9.17) is 4.98 Å². The number of aromatic nitrogens is 3. The highest BCUT2D eigenvalue weighted by Gasteiger charge is 2.31. The van der Waals surface area contributed by atoms with Gasteiger partial charge in [0.2, 0.25) is 0 Å². The molecule has 0 aliphatic carbocycles. The van der Waals surface area contributed by atoms with Gasteiger partial charge >= 0.3 is 6.18 Å². The number of anilines is 2. The highest BCUT2D eigenvalue weighted by atomic mass is 19.4. The van der Waals surface area contributed by atoms with Crippen LogP contribution in [0.25, 0.3) is 22.4 Å². The third kappa shape index (κ3) is 3.81. The van der Waals surface area contributed by atoms with Gasteiger partial charge in [-0.05, 0) is 36.4 Å². The molecule has 0 unspecified atom stereocenters. The van der Waals surface area contributed by atoms with E-state index < -0.39 is 11.7 Å². The SMILES string of the molecule is FC(F)(F)c1ccc(N2CCN(c3ccccc3-c3nc4ccccc4[nH]3)CC2)nc1. The summed E-state index contributed by atoms with van der Waals surface area (Å²) in [5.41, 5.74) is 3.30. The molecule has 0 bridgehead atoms. The van der Waals surface area contributed by atoms with E-state index in [1.165, 1.54) is 6.07 Å². The predicted molar refractivity (Wildman–Crippen MR) is 115 cm³/mol. The number of nitrogens with zero attached hydrogens (tertiary/aromatic N) is 4. The molecule has 158 valence electrons. The molecule has 1 aliphatic rings. The Morgan fingerprint density at radius 2 is 1.52 bits per heavy atom. The van der Waals surface area contributed by atoms with Crippen molar-refractivity contribution in [1.82, 2.24) is 15.0 Å². The van der Waals surface area contributed by atoms with E-state index in [9.17, 15) is 13.2 Å². The quantitative estimate of drug-likeness (QED) is 0.506. The number of H-pyrrole nitrogens is 1. The molecule has 4 aromatic rings. The maximum Gasteiger partial charge on any atom is 0.417 e. The maximum absolute atomic E-state index is 12.8. The van der Waals surface area contributed by atoms with Gasteiger partial charge in [0.25, 0.3) is 0 Å². The van der Waals surface area contributed by atoms with Crippen LogP contribution in [0.4, 0.5) is 24.7 Å². The summed E-state index contributed by atoms with van der Waals surface area (Å²) in [5, 5.41) is 0. The Balaban J connectivity index is 1.34. The Morgan fingerprint density at radius 1 is 0.806 bits per heavy atom. The van der Waals surface area contributed by atoms with Crippen LogP contribution in [-0.2, 0) is 6.18 Å². The largest absolute Gasteiger partial charge is 0.417 e. The first-order valence-electron chi connectivity index (χ1n) is 10.1. The number of halogens is 3. The second-order valence-corrected chi connectivity index (χ2v) is 7.50. The van der Waals surface area contributed by atoms with Crippen molar-refractivity contribution in [2.24, 2.45) is 0 Å². The van der Waals surface area contributed by atoms with Crippen LogP contribution >= 0.6 is 0 Å². The summed E-state index contributed by atoms with van der Waals surface area (Å²) in [4.78, 5) is 16.5. The zero-order chi connectivity index (χ0) is 21.4. The van der Waals surface area contributed by atoms with Gasteiger partial charge in [0.15, 0.2) is 0 Å². The van der Waals surface area contributed by atoms with Crippen molar-refractivity contribution in [3.8, 4) is 11.4 Å². The molecular formula is C23H20F3N5. The number of pyridine rings is 1. The topological polar surface area (TPSA) is 48.0 Å². The zero-order valence-corrected chi connectivity index (χ0v) is 16.6.